The van der Waals surface area contributed by atoms with E-state index in [0.29, 0.717) is 33.2 Å². The van der Waals surface area contributed by atoms with Crippen molar-refractivity contribution in [3.05, 3.63) is 118 Å². The molecule has 2 N–H and O–H groups in total. The molecule has 0 aromatic heterocycles. The van der Waals surface area contributed by atoms with E-state index < -0.39 is 15.8 Å². The van der Waals surface area contributed by atoms with Crippen molar-refractivity contribution in [1.82, 2.24) is 0 Å². The van der Waals surface area contributed by atoms with E-state index in [-0.39, 0.29) is 21.7 Å². The second-order valence-electron chi connectivity index (χ2n) is 26.9. The summed E-state index contributed by atoms with van der Waals surface area (Å²) in [4.78, 5) is 0. The normalized spacial score (nSPS) is 34.9. The molecule has 8 aliphatic carbocycles. The minimum atomic E-state index is -0.635. The number of rotatable bonds is 11. The smallest absolute Gasteiger partial charge is 0.122 e. The number of benzene rings is 4. The summed E-state index contributed by atoms with van der Waals surface area (Å²) in [6.07, 6.45) is 19.4. The van der Waals surface area contributed by atoms with E-state index in [1.807, 2.05) is 0 Å². The molecule has 8 fully saturated rings. The van der Waals surface area contributed by atoms with Crippen LogP contribution >= 0.6 is 15.8 Å². The van der Waals surface area contributed by atoms with E-state index in [0.717, 1.165) is 36.5 Å². The summed E-state index contributed by atoms with van der Waals surface area (Å²) in [7, 11) is -1.27. The molecule has 2 nitrogen and oxygen atoms in total. The van der Waals surface area contributed by atoms with Crippen molar-refractivity contribution in [2.24, 2.45) is 33.5 Å². The zero-order valence-corrected chi connectivity index (χ0v) is 43.1. The van der Waals surface area contributed by atoms with E-state index in [1.165, 1.54) is 121 Å². The van der Waals surface area contributed by atoms with Gasteiger partial charge in [-0.1, -0.05) is 170 Å². The Morgan fingerprint density at radius 3 is 1.09 bits per heavy atom. The maximum atomic E-state index is 12.8. The van der Waals surface area contributed by atoms with E-state index in [2.05, 4.69) is 154 Å². The van der Waals surface area contributed by atoms with Gasteiger partial charge in [0, 0.05) is 34.3 Å². The first kappa shape index (κ1) is 45.1. The second-order valence-corrected chi connectivity index (χ2v) is 31.6. The summed E-state index contributed by atoms with van der Waals surface area (Å²) in [5.41, 5.74) is 9.24. The molecule has 8 saturated carbocycles. The van der Waals surface area contributed by atoms with E-state index in [9.17, 15) is 10.2 Å². The van der Waals surface area contributed by atoms with Gasteiger partial charge in [0.2, 0.25) is 0 Å². The Morgan fingerprint density at radius 2 is 0.797 bits per heavy atom. The molecule has 8 aliphatic rings. The highest BCUT2D eigenvalue weighted by Gasteiger charge is 2.62. The number of aromatic hydroxyl groups is 2. The SMILES string of the molecule is CC12CC3CC(C)(C1)CC(c1cc(C(C)(C)C)cc(C[P@@](CC[P@](Cc4cc(C(C)(C)C)cc(C56CC7CC(C)(CC(C)(C7)C5)C6)c4O)c4ccccc4)c4ccccc4)c1O)(C3)C2. The van der Waals surface area contributed by atoms with Crippen LogP contribution in [-0.2, 0) is 34.0 Å². The fraction of sp³-hybridized carbons (Fsp3) is 0.600. The van der Waals surface area contributed by atoms with Crippen LogP contribution in [0.15, 0.2) is 84.9 Å². The van der Waals surface area contributed by atoms with Crippen molar-refractivity contribution in [2.75, 3.05) is 12.3 Å². The number of phenols is 2. The van der Waals surface area contributed by atoms with Crippen LogP contribution in [0.2, 0.25) is 0 Å². The summed E-state index contributed by atoms with van der Waals surface area (Å²) in [5, 5.41) is 28.5. The van der Waals surface area contributed by atoms with Crippen molar-refractivity contribution in [1.29, 1.82) is 0 Å². The zero-order valence-electron chi connectivity index (χ0n) is 41.3. The van der Waals surface area contributed by atoms with Crippen molar-refractivity contribution in [2.45, 2.75) is 180 Å². The van der Waals surface area contributed by atoms with Crippen LogP contribution in [0.5, 0.6) is 11.5 Å². The average molecular weight is 895 g/mol. The van der Waals surface area contributed by atoms with Gasteiger partial charge in [0.1, 0.15) is 11.5 Å². The summed E-state index contributed by atoms with van der Waals surface area (Å²) in [5.74, 6) is 2.76. The summed E-state index contributed by atoms with van der Waals surface area (Å²) in [6.45, 7) is 24.5. The van der Waals surface area contributed by atoms with Gasteiger partial charge < -0.3 is 10.2 Å². The molecular formula is C60H80O2P2. The summed E-state index contributed by atoms with van der Waals surface area (Å²) < 4.78 is 0. The van der Waals surface area contributed by atoms with Crippen LogP contribution in [-0.4, -0.2) is 22.5 Å². The quantitative estimate of drug-likeness (QED) is 0.147. The molecule has 4 unspecified atom stereocenters. The molecule has 342 valence electrons. The van der Waals surface area contributed by atoms with Gasteiger partial charge >= 0.3 is 0 Å². The molecule has 0 spiro atoms. The average Bonchev–Trinajstić information content (AvgIpc) is 3.17. The van der Waals surface area contributed by atoms with Crippen molar-refractivity contribution >= 4 is 26.5 Å². The lowest BCUT2D eigenvalue weighted by Gasteiger charge is -2.65. The van der Waals surface area contributed by atoms with Gasteiger partial charge in [0.15, 0.2) is 0 Å². The molecule has 0 radical (unpaired) electrons. The fourth-order valence-electron chi connectivity index (χ4n) is 17.3. The molecule has 64 heavy (non-hydrogen) atoms. The van der Waals surface area contributed by atoms with Gasteiger partial charge in [-0.25, -0.2) is 0 Å². The predicted octanol–water partition coefficient (Wildman–Crippen LogP) is 15.5. The molecule has 6 atom stereocenters. The van der Waals surface area contributed by atoms with Gasteiger partial charge in [-0.15, -0.1) is 0 Å². The van der Waals surface area contributed by atoms with Gasteiger partial charge in [-0.2, -0.15) is 0 Å². The molecule has 4 heteroatoms. The van der Waals surface area contributed by atoms with Gasteiger partial charge in [0.25, 0.3) is 0 Å². The topological polar surface area (TPSA) is 40.5 Å². The van der Waals surface area contributed by atoms with Crippen molar-refractivity contribution in [3.8, 4) is 11.5 Å². The van der Waals surface area contributed by atoms with Crippen molar-refractivity contribution in [3.63, 3.8) is 0 Å². The van der Waals surface area contributed by atoms with Crippen LogP contribution in [0.3, 0.4) is 0 Å². The highest BCUT2D eigenvalue weighted by Crippen LogP contribution is 2.72. The molecule has 8 bridgehead atoms. The van der Waals surface area contributed by atoms with E-state index >= 15 is 0 Å². The number of phenolic OH excluding ortho intramolecular Hbond substituents is 2. The van der Waals surface area contributed by atoms with E-state index in [1.54, 1.807) is 0 Å². The van der Waals surface area contributed by atoms with E-state index in [4.69, 9.17) is 0 Å². The Bertz CT molecular complexity index is 2200. The monoisotopic (exact) mass is 895 g/mol. The van der Waals surface area contributed by atoms with Gasteiger partial charge in [-0.3, -0.25) is 0 Å². The minimum Gasteiger partial charge on any atom is -0.507 e. The van der Waals surface area contributed by atoms with Crippen LogP contribution in [0, 0.1) is 33.5 Å². The molecule has 0 aliphatic heterocycles. The first-order chi connectivity index (χ1) is 30.0. The highest BCUT2D eigenvalue weighted by molar-refractivity contribution is 7.68. The molecule has 4 aromatic rings. The standard InChI is InChI=1S/C60H80O2P2/c1-53(2,3)45-23-43(51(61)49(25-45)59-31-41-27-55(7,37-59)35-56(8,28-41)38-59)33-63(47-17-13-11-14-18-47)21-22-64(48-19-15-12-16-20-48)34-44-24-46(54(4,5)6)26-50(52(44)62)60-32-42-29-57(9,39-60)36-58(10,30-42)40-60/h11-20,23-26,41-42,61-62H,21-22,27-40H2,1-10H3/t41?,42?,55?,56?,57?,58?,59?,60?,63-,64-/m1/s1. The number of hydrogen-bond acceptors (Lipinski definition) is 2. The van der Waals surface area contributed by atoms with Crippen LogP contribution < -0.4 is 10.6 Å². The lowest BCUT2D eigenvalue weighted by atomic mass is 9.39. The molecule has 0 saturated heterocycles. The maximum absolute atomic E-state index is 12.8. The highest BCUT2D eigenvalue weighted by atomic mass is 31.1. The second kappa shape index (κ2) is 15.4. The predicted molar refractivity (Wildman–Crippen MR) is 275 cm³/mol. The third-order valence-corrected chi connectivity index (χ3v) is 23.5. The molecule has 4 aromatic carbocycles. The molecule has 0 heterocycles. The minimum absolute atomic E-state index is 0.0154. The largest absolute Gasteiger partial charge is 0.507 e. The molecule has 0 amide bonds. The lowest BCUT2D eigenvalue weighted by molar-refractivity contribution is -0.110. The third-order valence-electron chi connectivity index (χ3n) is 18.1. The molecular weight excluding hydrogens is 815 g/mol. The van der Waals surface area contributed by atoms with Crippen LogP contribution in [0.4, 0.5) is 0 Å². The Balaban J connectivity index is 1.01. The lowest BCUT2D eigenvalue weighted by Crippen LogP contribution is -2.56. The Hall–Kier alpha value is -2.66. The Morgan fingerprint density at radius 1 is 0.469 bits per heavy atom. The first-order valence-electron chi connectivity index (χ1n) is 25.3. The number of hydrogen-bond donors (Lipinski definition) is 2. The van der Waals surface area contributed by atoms with Gasteiger partial charge in [-0.05, 0) is 167 Å². The fourth-order valence-corrected chi connectivity index (χ4v) is 23.0. The Kier molecular flexibility index (Phi) is 10.9. The van der Waals surface area contributed by atoms with Crippen LogP contribution in [0.1, 0.15) is 180 Å². The molecule has 12 rings (SSSR count). The first-order valence-corrected chi connectivity index (χ1v) is 28.7. The van der Waals surface area contributed by atoms with Gasteiger partial charge in [0.05, 0.1) is 0 Å². The maximum Gasteiger partial charge on any atom is 0.122 e. The Labute approximate surface area is 390 Å². The van der Waals surface area contributed by atoms with Crippen molar-refractivity contribution < 1.29 is 10.2 Å². The van der Waals surface area contributed by atoms with Crippen LogP contribution in [0.25, 0.3) is 0 Å². The zero-order chi connectivity index (χ0) is 45.3. The summed E-state index contributed by atoms with van der Waals surface area (Å²) >= 11 is 0. The summed E-state index contributed by atoms with van der Waals surface area (Å²) in [6, 6.07) is 32.4. The third kappa shape index (κ3) is 8.26.